The summed E-state index contributed by atoms with van der Waals surface area (Å²) in [5.41, 5.74) is -1.08. The minimum absolute atomic E-state index is 0.143. The Morgan fingerprint density at radius 3 is 2.81 bits per heavy atom. The topological polar surface area (TPSA) is 132 Å². The Labute approximate surface area is 161 Å². The van der Waals surface area contributed by atoms with Gasteiger partial charge in [0.25, 0.3) is 0 Å². The molecule has 0 unspecified atom stereocenters. The van der Waals surface area contributed by atoms with Crippen molar-refractivity contribution in [3.05, 3.63) is 45.4 Å². The van der Waals surface area contributed by atoms with Gasteiger partial charge in [0.15, 0.2) is 5.69 Å². The van der Waals surface area contributed by atoms with Gasteiger partial charge >= 0.3 is 0 Å². The molecule has 2 rings (SSSR count). The highest BCUT2D eigenvalue weighted by atomic mass is 79.9. The quantitative estimate of drug-likeness (QED) is 0.261. The first kappa shape index (κ1) is 17.6. The summed E-state index contributed by atoms with van der Waals surface area (Å²) in [6.07, 6.45) is 0.788. The molecule has 0 bridgehead atoms. The fraction of sp³-hybridized carbons (Fsp3) is 0.400. The molecule has 0 saturated carbocycles. The number of primary sulfonamides is 1. The molecule has 0 aliphatic carbocycles. The second kappa shape index (κ2) is 9.19. The van der Waals surface area contributed by atoms with Gasteiger partial charge < -0.3 is 5.21 Å². The van der Waals surface area contributed by atoms with Crippen LogP contribution >= 0.6 is 15.9 Å². The van der Waals surface area contributed by atoms with Gasteiger partial charge in [0.2, 0.25) is 10.0 Å². The van der Waals surface area contributed by atoms with Crippen LogP contribution in [0.2, 0.25) is 0 Å². The first-order chi connectivity index (χ1) is 13.0. The van der Waals surface area contributed by atoms with Crippen molar-refractivity contribution in [2.24, 2.45) is 10.3 Å². The minimum atomic E-state index is -4.30. The van der Waals surface area contributed by atoms with Gasteiger partial charge in [0.05, 0.1) is 10.2 Å². The molecule has 0 spiro atoms. The highest BCUT2D eigenvalue weighted by Gasteiger charge is 2.18. The summed E-state index contributed by atoms with van der Waals surface area (Å²) >= 11 is 3.09. The second-order valence-electron chi connectivity index (χ2n) is 5.43. The van der Waals surface area contributed by atoms with Gasteiger partial charge in [-0.25, -0.2) is 22.6 Å². The van der Waals surface area contributed by atoms with Crippen LogP contribution in [0.1, 0.15) is 39.0 Å². The SMILES string of the molecule is [2H]C([2H])(CCCCc1nonc1/C(Cc1ccc(F)c(Br)c1)=N/O)S(N)(=O)=O. The van der Waals surface area contributed by atoms with Crippen LogP contribution in [0.5, 0.6) is 0 Å². The molecule has 1 heterocycles. The second-order valence-corrected chi connectivity index (χ2v) is 7.66. The van der Waals surface area contributed by atoms with Crippen LogP contribution in [0.25, 0.3) is 0 Å². The molecule has 3 N–H and O–H groups in total. The highest BCUT2D eigenvalue weighted by molar-refractivity contribution is 9.10. The Morgan fingerprint density at radius 1 is 1.38 bits per heavy atom. The third kappa shape index (κ3) is 6.15. The van der Waals surface area contributed by atoms with E-state index in [1.54, 1.807) is 6.07 Å². The third-order valence-corrected chi connectivity index (χ3v) is 4.66. The van der Waals surface area contributed by atoms with Gasteiger partial charge in [-0.15, -0.1) is 0 Å². The van der Waals surface area contributed by atoms with Crippen molar-refractivity contribution in [1.29, 1.82) is 0 Å². The van der Waals surface area contributed by atoms with Crippen molar-refractivity contribution in [2.75, 3.05) is 5.70 Å². The van der Waals surface area contributed by atoms with E-state index >= 15 is 0 Å². The van der Waals surface area contributed by atoms with E-state index in [1.165, 1.54) is 12.1 Å². The van der Waals surface area contributed by atoms with Gasteiger partial charge in [-0.1, -0.05) is 22.8 Å². The number of oxime groups is 1. The summed E-state index contributed by atoms with van der Waals surface area (Å²) in [4.78, 5) is 0. The number of nitrogens with two attached hydrogens (primary N) is 1. The maximum atomic E-state index is 13.4. The molecule has 11 heteroatoms. The van der Waals surface area contributed by atoms with Gasteiger partial charge in [0.1, 0.15) is 17.2 Å². The molecule has 0 fully saturated rings. The number of hydrogen-bond acceptors (Lipinski definition) is 7. The zero-order valence-corrected chi connectivity index (χ0v) is 15.9. The number of nitrogens with zero attached hydrogens (tertiary/aromatic N) is 3. The zero-order chi connectivity index (χ0) is 20.9. The Kier molecular flexibility index (Phi) is 6.21. The molecule has 0 aliphatic heterocycles. The zero-order valence-electron chi connectivity index (χ0n) is 15.5. The number of hydrogen-bond donors (Lipinski definition) is 2. The van der Waals surface area contributed by atoms with Crippen LogP contribution in [0.4, 0.5) is 4.39 Å². The number of sulfonamides is 1. The van der Waals surface area contributed by atoms with Crippen molar-refractivity contribution < 1.29 is 25.4 Å². The van der Waals surface area contributed by atoms with Crippen molar-refractivity contribution in [1.82, 2.24) is 10.3 Å². The average molecular weight is 451 g/mol. The van der Waals surface area contributed by atoms with Crippen LogP contribution in [-0.4, -0.2) is 35.4 Å². The molecule has 0 amide bonds. The number of aryl methyl sites for hydroxylation is 1. The molecule has 0 aliphatic rings. The number of unbranched alkanes of at least 4 members (excludes halogenated alkanes) is 1. The summed E-state index contributed by atoms with van der Waals surface area (Å²) in [5, 5.41) is 24.9. The van der Waals surface area contributed by atoms with Gasteiger partial charge in [-0.2, -0.15) is 0 Å². The van der Waals surface area contributed by atoms with E-state index in [0.29, 0.717) is 24.1 Å². The Morgan fingerprint density at radius 2 is 2.15 bits per heavy atom. The van der Waals surface area contributed by atoms with Crippen molar-refractivity contribution >= 4 is 31.7 Å². The number of benzene rings is 1. The van der Waals surface area contributed by atoms with Crippen molar-refractivity contribution in [3.8, 4) is 0 Å². The molecule has 0 saturated heterocycles. The monoisotopic (exact) mass is 450 g/mol. The predicted molar refractivity (Wildman–Crippen MR) is 96.0 cm³/mol. The Hall–Kier alpha value is -1.85. The van der Waals surface area contributed by atoms with Crippen LogP contribution in [-0.2, 0) is 22.9 Å². The lowest BCUT2D eigenvalue weighted by Gasteiger charge is -2.05. The van der Waals surface area contributed by atoms with E-state index in [9.17, 15) is 18.0 Å². The van der Waals surface area contributed by atoms with Crippen LogP contribution < -0.4 is 5.14 Å². The fourth-order valence-corrected chi connectivity index (χ4v) is 3.09. The van der Waals surface area contributed by atoms with E-state index in [2.05, 4.69) is 31.4 Å². The average Bonchev–Trinajstić information content (AvgIpc) is 3.07. The summed E-state index contributed by atoms with van der Waals surface area (Å²) in [6, 6.07) is 4.35. The maximum absolute atomic E-state index is 13.4. The van der Waals surface area contributed by atoms with E-state index in [1.807, 2.05) is 0 Å². The van der Waals surface area contributed by atoms with Gasteiger partial charge in [-0.05, 0) is 58.0 Å². The third-order valence-electron chi connectivity index (χ3n) is 3.45. The number of rotatable bonds is 9. The fourth-order valence-electron chi connectivity index (χ4n) is 2.23. The molecule has 142 valence electrons. The number of aromatic nitrogens is 2. The lowest BCUT2D eigenvalue weighted by Crippen LogP contribution is -2.16. The van der Waals surface area contributed by atoms with Crippen LogP contribution in [0, 0.1) is 5.82 Å². The molecule has 2 aromatic rings. The molecular weight excluding hydrogens is 431 g/mol. The number of halogens is 2. The molecule has 1 aromatic carbocycles. The van der Waals surface area contributed by atoms with E-state index in [-0.39, 0.29) is 35.1 Å². The summed E-state index contributed by atoms with van der Waals surface area (Å²) < 4.78 is 55.6. The van der Waals surface area contributed by atoms with Crippen LogP contribution in [0.3, 0.4) is 0 Å². The van der Waals surface area contributed by atoms with Crippen molar-refractivity contribution in [3.63, 3.8) is 0 Å². The molecular formula is C15H18BrFN4O4S. The molecule has 8 nitrogen and oxygen atoms in total. The van der Waals surface area contributed by atoms with E-state index in [0.717, 1.165) is 0 Å². The summed E-state index contributed by atoms with van der Waals surface area (Å²) in [7, 11) is -4.30. The lowest BCUT2D eigenvalue weighted by molar-refractivity contribution is 0.300. The van der Waals surface area contributed by atoms with E-state index < -0.39 is 21.5 Å². The Balaban J connectivity index is 2.02. The first-order valence-corrected chi connectivity index (χ1v) is 9.88. The van der Waals surface area contributed by atoms with Crippen LogP contribution in [0.15, 0.2) is 32.5 Å². The maximum Gasteiger partial charge on any atom is 0.209 e. The summed E-state index contributed by atoms with van der Waals surface area (Å²) in [6.45, 7) is 0. The minimum Gasteiger partial charge on any atom is -0.411 e. The van der Waals surface area contributed by atoms with Crippen molar-refractivity contribution in [2.45, 2.75) is 32.1 Å². The lowest BCUT2D eigenvalue weighted by atomic mass is 10.0. The molecule has 0 atom stereocenters. The summed E-state index contributed by atoms with van der Waals surface area (Å²) in [5.74, 6) is -0.422. The van der Waals surface area contributed by atoms with Gasteiger partial charge in [0, 0.05) is 9.16 Å². The normalized spacial score (nSPS) is 14.2. The largest absolute Gasteiger partial charge is 0.411 e. The highest BCUT2D eigenvalue weighted by Crippen LogP contribution is 2.19. The first-order valence-electron chi connectivity index (χ1n) is 8.54. The standard InChI is InChI=1S/C15H18BrFN4O4S/c16-11-8-10(5-6-12(11)17)9-14(19-22)15-13(20-25-21-15)4-2-1-3-7-26(18,23)24/h5-6,8,22H,1-4,7,9H2,(H2,18,23,24)/b19-14+/i7D2. The molecule has 1 aromatic heterocycles. The van der Waals surface area contributed by atoms with Gasteiger partial charge in [-0.3, -0.25) is 0 Å². The molecule has 0 radical (unpaired) electrons. The predicted octanol–water partition coefficient (Wildman–Crippen LogP) is 2.39. The smallest absolute Gasteiger partial charge is 0.209 e. The van der Waals surface area contributed by atoms with E-state index in [4.69, 9.17) is 12.5 Å². The molecule has 26 heavy (non-hydrogen) atoms. The Bertz CT molecular complexity index is 969.